The summed E-state index contributed by atoms with van der Waals surface area (Å²) < 4.78 is 38.6. The lowest BCUT2D eigenvalue weighted by molar-refractivity contribution is 0.0950. The van der Waals surface area contributed by atoms with Gasteiger partial charge < -0.3 is 14.8 Å². The average molecular weight is 431 g/mol. The second kappa shape index (κ2) is 8.14. The molecule has 0 saturated heterocycles. The molecule has 0 bridgehead atoms. The highest BCUT2D eigenvalue weighted by Gasteiger charge is 2.18. The molecule has 4 rings (SSSR count). The van der Waals surface area contributed by atoms with E-state index in [1.165, 1.54) is 12.1 Å². The molecular weight excluding hydrogens is 412 g/mol. The summed E-state index contributed by atoms with van der Waals surface area (Å²) in [6.07, 6.45) is 0. The van der Waals surface area contributed by atoms with Gasteiger partial charge >= 0.3 is 0 Å². The van der Waals surface area contributed by atoms with E-state index in [-0.39, 0.29) is 16.7 Å². The van der Waals surface area contributed by atoms with Gasteiger partial charge in [0.05, 0.1) is 0 Å². The van der Waals surface area contributed by atoms with Gasteiger partial charge in [0.15, 0.2) is 11.5 Å². The molecular formula is C20H18N2O5S2. The molecule has 0 aliphatic carbocycles. The number of thiophene rings is 1. The first-order chi connectivity index (χ1) is 14.0. The van der Waals surface area contributed by atoms with E-state index in [0.717, 1.165) is 16.9 Å². The average Bonchev–Trinajstić information content (AvgIpc) is 3.28. The predicted octanol–water partition coefficient (Wildman–Crippen LogP) is 3.25. The van der Waals surface area contributed by atoms with Crippen LogP contribution in [0.4, 0.5) is 5.69 Å². The molecule has 0 unspecified atom stereocenters. The van der Waals surface area contributed by atoms with Crippen molar-refractivity contribution in [1.82, 2.24) is 5.32 Å². The Morgan fingerprint density at radius 1 is 1.03 bits per heavy atom. The number of carbonyl (C=O) groups is 1. The second-order valence-electron chi connectivity index (χ2n) is 6.24. The summed E-state index contributed by atoms with van der Waals surface area (Å²) in [6.45, 7) is 1.22. The van der Waals surface area contributed by atoms with Crippen molar-refractivity contribution in [2.45, 2.75) is 10.8 Å². The first-order valence-corrected chi connectivity index (χ1v) is 11.2. The first kappa shape index (κ1) is 19.3. The fraction of sp³-hybridized carbons (Fsp3) is 0.150. The van der Waals surface area contributed by atoms with Gasteiger partial charge in [-0.15, -0.1) is 11.3 Å². The minimum absolute atomic E-state index is 0.212. The number of sulfonamides is 1. The third-order valence-electron chi connectivity index (χ3n) is 4.22. The molecule has 0 radical (unpaired) electrons. The van der Waals surface area contributed by atoms with Crippen LogP contribution in [0.1, 0.15) is 15.9 Å². The Morgan fingerprint density at radius 3 is 2.69 bits per heavy atom. The summed E-state index contributed by atoms with van der Waals surface area (Å²) in [7, 11) is -3.67. The molecule has 1 amide bonds. The van der Waals surface area contributed by atoms with E-state index in [4.69, 9.17) is 9.47 Å². The Kier molecular flexibility index (Phi) is 5.41. The maximum Gasteiger partial charge on any atom is 0.271 e. The summed E-state index contributed by atoms with van der Waals surface area (Å²) in [5.41, 5.74) is 1.48. The highest BCUT2D eigenvalue weighted by Crippen LogP contribution is 2.33. The van der Waals surface area contributed by atoms with Gasteiger partial charge in [-0.25, -0.2) is 8.42 Å². The SMILES string of the molecule is O=C(NCc1cccc2c1OCCO2)c1cccc(NS(=O)(=O)c2cccs2)c1. The monoisotopic (exact) mass is 430 g/mol. The number of amides is 1. The Labute approximate surface area is 172 Å². The van der Waals surface area contributed by atoms with Crippen LogP contribution >= 0.6 is 11.3 Å². The zero-order valence-corrected chi connectivity index (χ0v) is 16.9. The number of hydrogen-bond donors (Lipinski definition) is 2. The molecule has 9 heteroatoms. The fourth-order valence-electron chi connectivity index (χ4n) is 2.90. The van der Waals surface area contributed by atoms with Crippen LogP contribution in [-0.2, 0) is 16.6 Å². The predicted molar refractivity (Wildman–Crippen MR) is 110 cm³/mol. The third-order valence-corrected chi connectivity index (χ3v) is 7.00. The van der Waals surface area contributed by atoms with Crippen molar-refractivity contribution in [3.05, 3.63) is 71.1 Å². The molecule has 1 aliphatic rings. The van der Waals surface area contributed by atoms with Gasteiger partial charge in [-0.2, -0.15) is 0 Å². The maximum absolute atomic E-state index is 12.6. The van der Waals surface area contributed by atoms with E-state index in [1.807, 2.05) is 18.2 Å². The molecule has 1 aromatic heterocycles. The van der Waals surface area contributed by atoms with E-state index in [9.17, 15) is 13.2 Å². The Bertz CT molecular complexity index is 1130. The molecule has 150 valence electrons. The quantitative estimate of drug-likeness (QED) is 0.626. The zero-order chi connectivity index (χ0) is 20.3. The largest absolute Gasteiger partial charge is 0.486 e. The number of benzene rings is 2. The number of rotatable bonds is 6. The van der Waals surface area contributed by atoms with E-state index in [1.54, 1.807) is 29.6 Å². The summed E-state index contributed by atoms with van der Waals surface area (Å²) in [5, 5.41) is 4.52. The normalized spacial score (nSPS) is 13.0. The maximum atomic E-state index is 12.6. The molecule has 2 heterocycles. The van der Waals surface area contributed by atoms with Gasteiger partial charge in [-0.05, 0) is 35.7 Å². The van der Waals surface area contributed by atoms with Gasteiger partial charge in [-0.3, -0.25) is 9.52 Å². The summed E-state index contributed by atoms with van der Waals surface area (Å²) in [4.78, 5) is 12.6. The van der Waals surface area contributed by atoms with Crippen LogP contribution in [0, 0.1) is 0 Å². The molecule has 0 atom stereocenters. The minimum atomic E-state index is -3.67. The molecule has 0 spiro atoms. The van der Waals surface area contributed by atoms with Crippen molar-refractivity contribution in [2.24, 2.45) is 0 Å². The van der Waals surface area contributed by atoms with Crippen LogP contribution in [-0.4, -0.2) is 27.5 Å². The molecule has 2 N–H and O–H groups in total. The minimum Gasteiger partial charge on any atom is -0.486 e. The van der Waals surface area contributed by atoms with E-state index in [0.29, 0.717) is 36.0 Å². The van der Waals surface area contributed by atoms with Crippen molar-refractivity contribution in [2.75, 3.05) is 17.9 Å². The van der Waals surface area contributed by atoms with Crippen LogP contribution in [0.25, 0.3) is 0 Å². The second-order valence-corrected chi connectivity index (χ2v) is 9.10. The van der Waals surface area contributed by atoms with Crippen molar-refractivity contribution in [3.8, 4) is 11.5 Å². The third kappa shape index (κ3) is 4.36. The summed E-state index contributed by atoms with van der Waals surface area (Å²) >= 11 is 1.12. The lowest BCUT2D eigenvalue weighted by Crippen LogP contribution is -2.24. The number of ether oxygens (including phenoxy) is 2. The lowest BCUT2D eigenvalue weighted by Gasteiger charge is -2.21. The number of nitrogens with one attached hydrogen (secondary N) is 2. The first-order valence-electron chi connectivity index (χ1n) is 8.85. The molecule has 0 fully saturated rings. The van der Waals surface area contributed by atoms with Crippen LogP contribution in [0.5, 0.6) is 11.5 Å². The molecule has 0 saturated carbocycles. The smallest absolute Gasteiger partial charge is 0.271 e. The van der Waals surface area contributed by atoms with Crippen LogP contribution < -0.4 is 19.5 Å². The van der Waals surface area contributed by atoms with Crippen molar-refractivity contribution >= 4 is 33.0 Å². The number of para-hydroxylation sites is 1. The molecule has 29 heavy (non-hydrogen) atoms. The van der Waals surface area contributed by atoms with Gasteiger partial charge in [-0.1, -0.05) is 24.3 Å². The van der Waals surface area contributed by atoms with E-state index in [2.05, 4.69) is 10.0 Å². The fourth-order valence-corrected chi connectivity index (χ4v) is 4.94. The zero-order valence-electron chi connectivity index (χ0n) is 15.3. The van der Waals surface area contributed by atoms with Crippen molar-refractivity contribution in [3.63, 3.8) is 0 Å². The molecule has 3 aromatic rings. The number of fused-ring (bicyclic) bond motifs is 1. The number of carbonyl (C=O) groups excluding carboxylic acids is 1. The van der Waals surface area contributed by atoms with Crippen LogP contribution in [0.2, 0.25) is 0 Å². The Hall–Kier alpha value is -3.04. The van der Waals surface area contributed by atoms with Crippen LogP contribution in [0.15, 0.2) is 64.2 Å². The highest BCUT2D eigenvalue weighted by atomic mass is 32.2. The number of anilines is 1. The highest BCUT2D eigenvalue weighted by molar-refractivity contribution is 7.94. The van der Waals surface area contributed by atoms with E-state index >= 15 is 0 Å². The Morgan fingerprint density at radius 2 is 1.86 bits per heavy atom. The van der Waals surface area contributed by atoms with Crippen LogP contribution in [0.3, 0.4) is 0 Å². The summed E-state index contributed by atoms with van der Waals surface area (Å²) in [6, 6.07) is 15.1. The molecule has 7 nitrogen and oxygen atoms in total. The number of hydrogen-bond acceptors (Lipinski definition) is 6. The Balaban J connectivity index is 1.46. The van der Waals surface area contributed by atoms with Gasteiger partial charge in [0.2, 0.25) is 0 Å². The van der Waals surface area contributed by atoms with Crippen molar-refractivity contribution < 1.29 is 22.7 Å². The van der Waals surface area contributed by atoms with Crippen molar-refractivity contribution in [1.29, 1.82) is 0 Å². The summed E-state index contributed by atoms with van der Waals surface area (Å²) in [5.74, 6) is 0.973. The van der Waals surface area contributed by atoms with Gasteiger partial charge in [0.1, 0.15) is 17.4 Å². The molecule has 1 aliphatic heterocycles. The van der Waals surface area contributed by atoms with Gasteiger partial charge in [0, 0.05) is 23.4 Å². The van der Waals surface area contributed by atoms with Gasteiger partial charge in [0.25, 0.3) is 15.9 Å². The standard InChI is InChI=1S/C20H18N2O5S2/c23-20(21-13-15-5-2-7-17-19(15)27-10-9-26-17)14-4-1-6-16(12-14)22-29(24,25)18-8-3-11-28-18/h1-8,11-12,22H,9-10,13H2,(H,21,23). The topological polar surface area (TPSA) is 93.7 Å². The molecule has 2 aromatic carbocycles. The van der Waals surface area contributed by atoms with E-state index < -0.39 is 10.0 Å². The lowest BCUT2D eigenvalue weighted by atomic mass is 10.1.